The molecular weight excluding hydrogens is 374 g/mol. The molecule has 29 heavy (non-hydrogen) atoms. The first kappa shape index (κ1) is 23.3. The number of carbonyl (C=O) groups is 1. The van der Waals surface area contributed by atoms with Crippen LogP contribution in [0.3, 0.4) is 0 Å². The first-order valence-electron chi connectivity index (χ1n) is 10.6. The van der Waals surface area contributed by atoms with Gasteiger partial charge in [0.15, 0.2) is 11.6 Å². The molecule has 0 aromatic heterocycles. The predicted molar refractivity (Wildman–Crippen MR) is 112 cm³/mol. The summed E-state index contributed by atoms with van der Waals surface area (Å²) >= 11 is 0. The Hall–Kier alpha value is -1.95. The smallest absolute Gasteiger partial charge is 0.407 e. The SMILES string of the molecule is C=CCN(C)CCCCCC1CCC(N(C)C(=O)Oc2ccc(F)cc2F)CC1. The fraction of sp³-hybridized carbons (Fsp3) is 0.609. The number of likely N-dealkylation sites (N-methyl/N-ethyl adjacent to an activating group) is 1. The minimum atomic E-state index is -0.869. The molecule has 6 heteroatoms. The monoisotopic (exact) mass is 408 g/mol. The zero-order chi connectivity index (χ0) is 21.2. The molecule has 0 aliphatic heterocycles. The minimum absolute atomic E-state index is 0.106. The summed E-state index contributed by atoms with van der Waals surface area (Å²) in [7, 11) is 3.81. The van der Waals surface area contributed by atoms with E-state index >= 15 is 0 Å². The Morgan fingerprint density at radius 1 is 1.17 bits per heavy atom. The molecule has 4 nitrogen and oxygen atoms in total. The van der Waals surface area contributed by atoms with E-state index < -0.39 is 17.7 Å². The standard InChI is InChI=1S/C23H34F2N2O2/c1-4-15-26(2)16-7-5-6-8-18-9-12-20(13-10-18)27(3)23(28)29-22-14-11-19(24)17-21(22)25/h4,11,14,17-18,20H,1,5-10,12-13,15-16H2,2-3H3. The summed E-state index contributed by atoms with van der Waals surface area (Å²) in [6.45, 7) is 5.81. The highest BCUT2D eigenvalue weighted by Crippen LogP contribution is 2.31. The van der Waals surface area contributed by atoms with Gasteiger partial charge in [-0.2, -0.15) is 0 Å². The van der Waals surface area contributed by atoms with Gasteiger partial charge in [-0.25, -0.2) is 13.6 Å². The van der Waals surface area contributed by atoms with Gasteiger partial charge in [-0.3, -0.25) is 0 Å². The van der Waals surface area contributed by atoms with Crippen LogP contribution in [0.25, 0.3) is 0 Å². The number of nitrogens with zero attached hydrogens (tertiary/aromatic N) is 2. The molecule has 1 amide bonds. The van der Waals surface area contributed by atoms with Crippen molar-refractivity contribution in [2.24, 2.45) is 5.92 Å². The van der Waals surface area contributed by atoms with E-state index in [0.717, 1.165) is 56.8 Å². The van der Waals surface area contributed by atoms with Gasteiger partial charge in [0, 0.05) is 25.7 Å². The summed E-state index contributed by atoms with van der Waals surface area (Å²) < 4.78 is 31.8. The Labute approximate surface area is 173 Å². The second kappa shape index (κ2) is 11.9. The van der Waals surface area contributed by atoms with Gasteiger partial charge >= 0.3 is 6.09 Å². The van der Waals surface area contributed by atoms with Gasteiger partial charge in [0.05, 0.1) is 0 Å². The lowest BCUT2D eigenvalue weighted by Crippen LogP contribution is -2.41. The Bertz CT molecular complexity index is 660. The largest absolute Gasteiger partial charge is 0.415 e. The zero-order valence-electron chi connectivity index (χ0n) is 17.7. The molecule has 0 unspecified atom stereocenters. The maximum absolute atomic E-state index is 13.7. The quantitative estimate of drug-likeness (QED) is 0.371. The Kier molecular flexibility index (Phi) is 9.58. The number of amides is 1. The number of carbonyl (C=O) groups excluding carboxylic acids is 1. The average Bonchev–Trinajstić information content (AvgIpc) is 2.70. The van der Waals surface area contributed by atoms with Crippen molar-refractivity contribution in [3.63, 3.8) is 0 Å². The van der Waals surface area contributed by atoms with E-state index in [1.807, 2.05) is 6.08 Å². The molecule has 2 rings (SSSR count). The average molecular weight is 409 g/mol. The maximum atomic E-state index is 13.7. The number of hydrogen-bond acceptors (Lipinski definition) is 3. The number of benzene rings is 1. The van der Waals surface area contributed by atoms with Crippen molar-refractivity contribution < 1.29 is 18.3 Å². The molecule has 0 radical (unpaired) electrons. The Morgan fingerprint density at radius 2 is 1.90 bits per heavy atom. The second-order valence-corrected chi connectivity index (χ2v) is 8.13. The van der Waals surface area contributed by atoms with E-state index in [1.165, 1.54) is 25.7 Å². The van der Waals surface area contributed by atoms with Crippen LogP contribution in [-0.2, 0) is 0 Å². The first-order chi connectivity index (χ1) is 13.9. The molecular formula is C23H34F2N2O2. The lowest BCUT2D eigenvalue weighted by atomic mass is 9.82. The minimum Gasteiger partial charge on any atom is -0.407 e. The Morgan fingerprint density at radius 3 is 2.55 bits per heavy atom. The fourth-order valence-corrected chi connectivity index (χ4v) is 4.00. The van der Waals surface area contributed by atoms with Crippen LogP contribution >= 0.6 is 0 Å². The van der Waals surface area contributed by atoms with E-state index in [-0.39, 0.29) is 11.8 Å². The van der Waals surface area contributed by atoms with Crippen LogP contribution in [0.2, 0.25) is 0 Å². The van der Waals surface area contributed by atoms with Crippen LogP contribution in [-0.4, -0.2) is 49.1 Å². The number of hydrogen-bond donors (Lipinski definition) is 0. The Balaban J connectivity index is 1.66. The summed E-state index contributed by atoms with van der Waals surface area (Å²) in [5, 5.41) is 0. The maximum Gasteiger partial charge on any atom is 0.415 e. The van der Waals surface area contributed by atoms with Gasteiger partial charge in [0.1, 0.15) is 5.82 Å². The van der Waals surface area contributed by atoms with Crippen LogP contribution < -0.4 is 4.74 Å². The molecule has 1 aliphatic rings. The lowest BCUT2D eigenvalue weighted by molar-refractivity contribution is 0.122. The zero-order valence-corrected chi connectivity index (χ0v) is 17.7. The van der Waals surface area contributed by atoms with Gasteiger partial charge in [-0.1, -0.05) is 25.3 Å². The van der Waals surface area contributed by atoms with Crippen molar-refractivity contribution in [2.75, 3.05) is 27.2 Å². The van der Waals surface area contributed by atoms with Crippen LogP contribution in [0.1, 0.15) is 51.4 Å². The summed E-state index contributed by atoms with van der Waals surface area (Å²) in [4.78, 5) is 16.1. The third-order valence-corrected chi connectivity index (χ3v) is 5.84. The van der Waals surface area contributed by atoms with Gasteiger partial charge in [0.2, 0.25) is 0 Å². The van der Waals surface area contributed by atoms with Crippen molar-refractivity contribution in [3.8, 4) is 5.75 Å². The molecule has 162 valence electrons. The van der Waals surface area contributed by atoms with Crippen LogP contribution in [0.4, 0.5) is 13.6 Å². The van der Waals surface area contributed by atoms with E-state index in [2.05, 4.69) is 18.5 Å². The topological polar surface area (TPSA) is 32.8 Å². The number of unbranched alkanes of at least 4 members (excludes halogenated alkanes) is 2. The molecule has 0 atom stereocenters. The van der Waals surface area contributed by atoms with Crippen molar-refractivity contribution in [1.82, 2.24) is 9.80 Å². The van der Waals surface area contributed by atoms with Crippen molar-refractivity contribution in [1.29, 1.82) is 0 Å². The molecule has 0 bridgehead atoms. The molecule has 0 saturated heterocycles. The molecule has 1 aromatic rings. The highest BCUT2D eigenvalue weighted by atomic mass is 19.1. The van der Waals surface area contributed by atoms with Gasteiger partial charge in [0.25, 0.3) is 0 Å². The normalized spacial score (nSPS) is 19.2. The molecule has 1 aromatic carbocycles. The fourth-order valence-electron chi connectivity index (χ4n) is 4.00. The van der Waals surface area contributed by atoms with Crippen LogP contribution in [0.15, 0.2) is 30.9 Å². The van der Waals surface area contributed by atoms with Crippen molar-refractivity contribution in [3.05, 3.63) is 42.5 Å². The predicted octanol–water partition coefficient (Wildman–Crippen LogP) is 5.63. The highest BCUT2D eigenvalue weighted by Gasteiger charge is 2.27. The first-order valence-corrected chi connectivity index (χ1v) is 10.6. The summed E-state index contributed by atoms with van der Waals surface area (Å²) in [6.07, 6.45) is 10.4. The highest BCUT2D eigenvalue weighted by molar-refractivity contribution is 5.70. The second-order valence-electron chi connectivity index (χ2n) is 8.13. The molecule has 0 spiro atoms. The van der Waals surface area contributed by atoms with Gasteiger partial charge < -0.3 is 14.5 Å². The van der Waals surface area contributed by atoms with E-state index in [1.54, 1.807) is 11.9 Å². The van der Waals surface area contributed by atoms with E-state index in [0.29, 0.717) is 6.07 Å². The van der Waals surface area contributed by atoms with Crippen LogP contribution in [0, 0.1) is 17.6 Å². The summed E-state index contributed by atoms with van der Waals surface area (Å²) in [6, 6.07) is 3.04. The third kappa shape index (κ3) is 7.77. The van der Waals surface area contributed by atoms with Crippen molar-refractivity contribution >= 4 is 6.09 Å². The van der Waals surface area contributed by atoms with Crippen LogP contribution in [0.5, 0.6) is 5.75 Å². The third-order valence-electron chi connectivity index (χ3n) is 5.84. The number of halogens is 2. The number of ether oxygens (including phenoxy) is 1. The molecule has 1 fully saturated rings. The summed E-state index contributed by atoms with van der Waals surface area (Å²) in [5.41, 5.74) is 0. The van der Waals surface area contributed by atoms with Gasteiger partial charge in [-0.05, 0) is 63.7 Å². The van der Waals surface area contributed by atoms with Crippen molar-refractivity contribution in [2.45, 2.75) is 57.4 Å². The summed E-state index contributed by atoms with van der Waals surface area (Å²) in [5.74, 6) is -1.09. The molecule has 0 heterocycles. The molecule has 1 saturated carbocycles. The van der Waals surface area contributed by atoms with E-state index in [9.17, 15) is 13.6 Å². The molecule has 1 aliphatic carbocycles. The van der Waals surface area contributed by atoms with E-state index in [4.69, 9.17) is 4.74 Å². The lowest BCUT2D eigenvalue weighted by Gasteiger charge is -2.34. The number of rotatable bonds is 10. The molecule has 0 N–H and O–H groups in total. The van der Waals surface area contributed by atoms with Gasteiger partial charge in [-0.15, -0.1) is 6.58 Å².